The molecule has 0 radical (unpaired) electrons. The Bertz CT molecular complexity index is 1200. The molecule has 16 heteroatoms. The Morgan fingerprint density at radius 3 is 2.63 bits per heavy atom. The van der Waals surface area contributed by atoms with Gasteiger partial charge in [-0.15, -0.1) is 0 Å². The van der Waals surface area contributed by atoms with Crippen LogP contribution >= 0.6 is 0 Å². The Morgan fingerprint density at radius 1 is 1.19 bits per heavy atom. The van der Waals surface area contributed by atoms with Gasteiger partial charge in [0.1, 0.15) is 6.10 Å². The quantitative estimate of drug-likeness (QED) is 0.0550. The second-order valence-corrected chi connectivity index (χ2v) is 9.70. The first-order valence-electron chi connectivity index (χ1n) is 13.3. The zero-order valence-electron chi connectivity index (χ0n) is 24.3. The number of carbonyl (C=O) groups excluding carboxylic acids is 4. The Labute approximate surface area is 248 Å². The van der Waals surface area contributed by atoms with Crippen molar-refractivity contribution < 1.29 is 43.0 Å². The summed E-state index contributed by atoms with van der Waals surface area (Å²) < 4.78 is 21.2. The number of ether oxygens (including phenoxy) is 4. The second kappa shape index (κ2) is 17.4. The monoisotopic (exact) mass is 606 g/mol. The van der Waals surface area contributed by atoms with Gasteiger partial charge in [-0.1, -0.05) is 17.3 Å². The van der Waals surface area contributed by atoms with Crippen molar-refractivity contribution in [1.82, 2.24) is 16.2 Å². The standard InChI is InChI=1S/C27H38N6O10/c1-17(25(36)43-29)5-9-22(33-32-18(2)34)27(3,28)23(11-13-31-38)42-26(37)30-12-4-14-39-24(35)10-7-19-6-8-20-21(15-19)41-16-40-20/h5-8,10,15,22-23,33H,4,9,11-14,16,28-29H2,1-3H3,(H,30,37)(H,32,34)/b10-7+,17-5+/t22-,23-,27+/m1/s1. The molecule has 3 atom stereocenters. The molecule has 1 aromatic rings. The number of nitroso groups, excluding NO2 is 1. The first-order chi connectivity index (χ1) is 20.5. The molecule has 43 heavy (non-hydrogen) atoms. The van der Waals surface area contributed by atoms with E-state index in [0.29, 0.717) is 11.5 Å². The van der Waals surface area contributed by atoms with Crippen molar-refractivity contribution in [3.63, 3.8) is 0 Å². The van der Waals surface area contributed by atoms with Gasteiger partial charge < -0.3 is 34.8 Å². The van der Waals surface area contributed by atoms with Crippen LogP contribution in [0.2, 0.25) is 0 Å². The fourth-order valence-electron chi connectivity index (χ4n) is 3.85. The molecule has 16 nitrogen and oxygen atoms in total. The van der Waals surface area contributed by atoms with E-state index in [1.54, 1.807) is 31.2 Å². The average molecular weight is 607 g/mol. The van der Waals surface area contributed by atoms with Crippen molar-refractivity contribution in [3.8, 4) is 11.5 Å². The predicted octanol–water partition coefficient (Wildman–Crippen LogP) is 1.09. The van der Waals surface area contributed by atoms with Crippen molar-refractivity contribution in [2.24, 2.45) is 16.8 Å². The van der Waals surface area contributed by atoms with Gasteiger partial charge in [-0.3, -0.25) is 10.2 Å². The molecule has 0 spiro atoms. The number of rotatable bonds is 17. The number of amides is 2. The summed E-state index contributed by atoms with van der Waals surface area (Å²) in [6.07, 6.45) is 2.79. The number of hydrazine groups is 1. The summed E-state index contributed by atoms with van der Waals surface area (Å²) in [6.45, 7) is 4.37. The molecular weight excluding hydrogens is 568 g/mol. The van der Waals surface area contributed by atoms with Crippen LogP contribution in [0.4, 0.5) is 4.79 Å². The van der Waals surface area contributed by atoms with Gasteiger partial charge in [-0.05, 0) is 50.5 Å². The summed E-state index contributed by atoms with van der Waals surface area (Å²) in [5.74, 6) is 4.39. The van der Waals surface area contributed by atoms with Crippen LogP contribution in [0.1, 0.15) is 45.6 Å². The fraction of sp³-hybridized carbons (Fsp3) is 0.481. The van der Waals surface area contributed by atoms with Gasteiger partial charge in [-0.25, -0.2) is 19.8 Å². The van der Waals surface area contributed by atoms with Gasteiger partial charge >= 0.3 is 18.0 Å². The van der Waals surface area contributed by atoms with Crippen molar-refractivity contribution >= 4 is 30.0 Å². The van der Waals surface area contributed by atoms with E-state index in [2.05, 4.69) is 26.2 Å². The summed E-state index contributed by atoms with van der Waals surface area (Å²) >= 11 is 0. The van der Waals surface area contributed by atoms with E-state index < -0.39 is 41.6 Å². The molecule has 2 amide bonds. The highest BCUT2D eigenvalue weighted by molar-refractivity contribution is 5.87. The lowest BCUT2D eigenvalue weighted by Crippen LogP contribution is -2.65. The van der Waals surface area contributed by atoms with Crippen LogP contribution in [0.25, 0.3) is 6.08 Å². The minimum Gasteiger partial charge on any atom is -0.462 e. The number of benzene rings is 1. The molecule has 1 aromatic carbocycles. The van der Waals surface area contributed by atoms with Crippen LogP contribution in [0.3, 0.4) is 0 Å². The van der Waals surface area contributed by atoms with Gasteiger partial charge in [0, 0.05) is 31.5 Å². The van der Waals surface area contributed by atoms with Gasteiger partial charge in [-0.2, -0.15) is 10.8 Å². The van der Waals surface area contributed by atoms with E-state index in [4.69, 9.17) is 30.6 Å². The number of hydrogen-bond acceptors (Lipinski definition) is 14. The zero-order chi connectivity index (χ0) is 31.8. The lowest BCUT2D eigenvalue weighted by Gasteiger charge is -2.40. The fourth-order valence-corrected chi connectivity index (χ4v) is 3.85. The molecule has 0 saturated heterocycles. The summed E-state index contributed by atoms with van der Waals surface area (Å²) in [7, 11) is 0. The first-order valence-corrected chi connectivity index (χ1v) is 13.3. The van der Waals surface area contributed by atoms with Crippen LogP contribution in [0, 0.1) is 4.91 Å². The number of fused-ring (bicyclic) bond motifs is 1. The van der Waals surface area contributed by atoms with Crippen molar-refractivity contribution in [2.45, 2.75) is 57.7 Å². The molecular formula is C27H38N6O10. The van der Waals surface area contributed by atoms with Crippen LogP contribution in [-0.2, 0) is 28.7 Å². The minimum absolute atomic E-state index is 0.0248. The van der Waals surface area contributed by atoms with E-state index in [-0.39, 0.29) is 51.3 Å². The summed E-state index contributed by atoms with van der Waals surface area (Å²) in [5, 5.41) is 5.37. The third-order valence-corrected chi connectivity index (χ3v) is 6.33. The van der Waals surface area contributed by atoms with E-state index >= 15 is 0 Å². The van der Waals surface area contributed by atoms with E-state index in [0.717, 1.165) is 5.56 Å². The summed E-state index contributed by atoms with van der Waals surface area (Å²) in [4.78, 5) is 62.8. The Hall–Kier alpha value is -4.54. The number of nitrogens with zero attached hydrogens (tertiary/aromatic N) is 1. The Kier molecular flexibility index (Phi) is 14.0. The van der Waals surface area contributed by atoms with E-state index in [9.17, 15) is 24.1 Å². The first kappa shape index (κ1) is 34.7. The highest BCUT2D eigenvalue weighted by Gasteiger charge is 2.40. The van der Waals surface area contributed by atoms with Gasteiger partial charge in [0.25, 0.3) is 0 Å². The van der Waals surface area contributed by atoms with Crippen molar-refractivity contribution in [2.75, 3.05) is 26.5 Å². The highest BCUT2D eigenvalue weighted by Crippen LogP contribution is 2.32. The summed E-state index contributed by atoms with van der Waals surface area (Å²) in [5.41, 5.74) is 11.3. The lowest BCUT2D eigenvalue weighted by molar-refractivity contribution is -0.139. The number of nitrogens with one attached hydrogen (secondary N) is 3. The number of nitrogens with two attached hydrogens (primary N) is 2. The highest BCUT2D eigenvalue weighted by atomic mass is 16.7. The third-order valence-electron chi connectivity index (χ3n) is 6.33. The van der Waals surface area contributed by atoms with Crippen LogP contribution in [0.5, 0.6) is 11.5 Å². The SMILES string of the molecule is CC(=O)NN[C@H](C/C=C(\C)C(=O)ON)[C@](C)(N)[C@@H](CCN=O)OC(=O)NCCCOC(=O)/C=C/c1ccc2c(c1)OCO2. The molecule has 1 aliphatic rings. The van der Waals surface area contributed by atoms with Crippen LogP contribution in [0.15, 0.2) is 41.1 Å². The third kappa shape index (κ3) is 11.7. The molecule has 0 saturated carbocycles. The average Bonchev–Trinajstić information content (AvgIpc) is 3.45. The number of hydrogen-bond donors (Lipinski definition) is 5. The Balaban J connectivity index is 1.89. The summed E-state index contributed by atoms with van der Waals surface area (Å²) in [6, 6.07) is 4.46. The molecule has 1 heterocycles. The number of alkyl carbamates (subject to hydrolysis) is 1. The van der Waals surface area contributed by atoms with Crippen molar-refractivity contribution in [3.05, 3.63) is 46.4 Å². The maximum atomic E-state index is 12.6. The van der Waals surface area contributed by atoms with E-state index in [1.165, 1.54) is 26.0 Å². The van der Waals surface area contributed by atoms with Crippen molar-refractivity contribution in [1.29, 1.82) is 0 Å². The number of esters is 1. The molecule has 0 bridgehead atoms. The normalized spacial score (nSPS) is 15.1. The van der Waals surface area contributed by atoms with Crippen LogP contribution in [-0.4, -0.2) is 68.1 Å². The molecule has 1 aliphatic heterocycles. The maximum absolute atomic E-state index is 12.6. The predicted molar refractivity (Wildman–Crippen MR) is 153 cm³/mol. The topological polar surface area (TPSA) is 232 Å². The maximum Gasteiger partial charge on any atom is 0.407 e. The second-order valence-electron chi connectivity index (χ2n) is 9.70. The molecule has 2 rings (SSSR count). The van der Waals surface area contributed by atoms with E-state index in [1.807, 2.05) is 0 Å². The molecule has 7 N–H and O–H groups in total. The molecule has 0 unspecified atom stereocenters. The minimum atomic E-state index is -1.38. The largest absolute Gasteiger partial charge is 0.462 e. The smallest absolute Gasteiger partial charge is 0.407 e. The van der Waals surface area contributed by atoms with Crippen LogP contribution < -0.4 is 37.3 Å². The Morgan fingerprint density at radius 2 is 1.93 bits per heavy atom. The van der Waals surface area contributed by atoms with Gasteiger partial charge in [0.2, 0.25) is 12.7 Å². The molecule has 0 fully saturated rings. The number of carbonyl (C=O) groups is 4. The van der Waals surface area contributed by atoms with Gasteiger partial charge in [0.15, 0.2) is 11.5 Å². The zero-order valence-corrected chi connectivity index (χ0v) is 24.3. The molecule has 236 valence electrons. The van der Waals surface area contributed by atoms with Gasteiger partial charge in [0.05, 0.1) is 24.7 Å². The lowest BCUT2D eigenvalue weighted by atomic mass is 9.83. The molecule has 0 aromatic heterocycles. The molecule has 0 aliphatic carbocycles.